The summed E-state index contributed by atoms with van der Waals surface area (Å²) in [6, 6.07) is 8.34. The van der Waals surface area contributed by atoms with Crippen molar-refractivity contribution in [2.75, 3.05) is 20.3 Å². The van der Waals surface area contributed by atoms with E-state index in [9.17, 15) is 0 Å². The molecule has 1 aliphatic rings. The smallest absolute Gasteiger partial charge is 0.122 e. The number of hydrogen-bond acceptors (Lipinski definition) is 3. The molecule has 2 rings (SSSR count). The Balaban J connectivity index is 2.26. The van der Waals surface area contributed by atoms with E-state index in [0.29, 0.717) is 18.4 Å². The molecule has 0 amide bonds. The van der Waals surface area contributed by atoms with Crippen LogP contribution in [-0.2, 0) is 4.74 Å². The second-order valence-corrected chi connectivity index (χ2v) is 6.29. The van der Waals surface area contributed by atoms with Crippen LogP contribution in [0, 0.1) is 5.92 Å². The van der Waals surface area contributed by atoms with Crippen LogP contribution in [0.25, 0.3) is 0 Å². The van der Waals surface area contributed by atoms with Crippen LogP contribution >= 0.6 is 0 Å². The van der Waals surface area contributed by atoms with Crippen LogP contribution in [0.4, 0.5) is 0 Å². The van der Waals surface area contributed by atoms with E-state index in [-0.39, 0.29) is 5.60 Å². The van der Waals surface area contributed by atoms with Gasteiger partial charge in [-0.1, -0.05) is 18.2 Å². The lowest BCUT2D eigenvalue weighted by atomic mass is 9.75. The van der Waals surface area contributed by atoms with Gasteiger partial charge in [0.15, 0.2) is 0 Å². The van der Waals surface area contributed by atoms with E-state index < -0.39 is 0 Å². The lowest BCUT2D eigenvalue weighted by molar-refractivity contribution is -0.0772. The Bertz CT molecular complexity index is 431. The Kier molecular flexibility index (Phi) is 5.06. The van der Waals surface area contributed by atoms with Gasteiger partial charge >= 0.3 is 0 Å². The van der Waals surface area contributed by atoms with Gasteiger partial charge in [0.25, 0.3) is 0 Å². The number of benzene rings is 1. The van der Waals surface area contributed by atoms with Gasteiger partial charge < -0.3 is 15.2 Å². The summed E-state index contributed by atoms with van der Waals surface area (Å²) in [5.41, 5.74) is 7.13. The Hall–Kier alpha value is -1.06. The zero-order valence-electron chi connectivity index (χ0n) is 12.9. The maximum Gasteiger partial charge on any atom is 0.122 e. The van der Waals surface area contributed by atoms with Crippen molar-refractivity contribution in [2.45, 2.75) is 44.6 Å². The van der Waals surface area contributed by atoms with E-state index in [1.165, 1.54) is 5.56 Å². The molecule has 0 unspecified atom stereocenters. The number of para-hydroxylation sites is 1. The standard InChI is InChI=1S/C17H27NO2/c1-17(2)12-13(9-11-20-17)14(8-10-18)15-6-4-5-7-16(15)19-3/h4-7,13-14H,8-12,18H2,1-3H3/t13-,14-/m1/s1. The van der Waals surface area contributed by atoms with Crippen molar-refractivity contribution < 1.29 is 9.47 Å². The van der Waals surface area contributed by atoms with Crippen LogP contribution in [0.2, 0.25) is 0 Å². The molecule has 0 bridgehead atoms. The minimum absolute atomic E-state index is 0.0300. The summed E-state index contributed by atoms with van der Waals surface area (Å²) in [5.74, 6) is 2.05. The van der Waals surface area contributed by atoms with E-state index in [2.05, 4.69) is 26.0 Å². The first kappa shape index (κ1) is 15.3. The monoisotopic (exact) mass is 277 g/mol. The molecule has 0 aromatic heterocycles. The predicted octanol–water partition coefficient (Wildman–Crippen LogP) is 3.33. The van der Waals surface area contributed by atoms with Crippen LogP contribution in [0.1, 0.15) is 44.6 Å². The van der Waals surface area contributed by atoms with Gasteiger partial charge in [-0.2, -0.15) is 0 Å². The van der Waals surface area contributed by atoms with Crippen LogP contribution < -0.4 is 10.5 Å². The summed E-state index contributed by atoms with van der Waals surface area (Å²) in [5, 5.41) is 0. The molecule has 112 valence electrons. The molecule has 0 radical (unpaired) electrons. The average Bonchev–Trinajstić information content (AvgIpc) is 2.43. The van der Waals surface area contributed by atoms with Crippen LogP contribution in [0.3, 0.4) is 0 Å². The lowest BCUT2D eigenvalue weighted by Crippen LogP contribution is -2.36. The van der Waals surface area contributed by atoms with E-state index in [0.717, 1.165) is 31.6 Å². The van der Waals surface area contributed by atoms with E-state index >= 15 is 0 Å². The van der Waals surface area contributed by atoms with Crippen molar-refractivity contribution in [3.05, 3.63) is 29.8 Å². The third-order valence-electron chi connectivity index (χ3n) is 4.32. The normalized spacial score (nSPS) is 23.3. The maximum absolute atomic E-state index is 5.86. The minimum atomic E-state index is -0.0300. The van der Waals surface area contributed by atoms with Gasteiger partial charge in [-0.3, -0.25) is 0 Å². The highest BCUT2D eigenvalue weighted by atomic mass is 16.5. The highest BCUT2D eigenvalue weighted by Crippen LogP contribution is 2.42. The fraction of sp³-hybridized carbons (Fsp3) is 0.647. The molecule has 0 aliphatic carbocycles. The van der Waals surface area contributed by atoms with Crippen LogP contribution in [-0.4, -0.2) is 25.9 Å². The molecule has 3 nitrogen and oxygen atoms in total. The second kappa shape index (κ2) is 6.59. The van der Waals surface area contributed by atoms with Gasteiger partial charge in [0.1, 0.15) is 5.75 Å². The SMILES string of the molecule is COc1ccccc1[C@H](CCN)[C@@H]1CCOC(C)(C)C1. The molecule has 3 heteroatoms. The van der Waals surface area contributed by atoms with Crippen LogP contribution in [0.5, 0.6) is 5.75 Å². The second-order valence-electron chi connectivity index (χ2n) is 6.29. The Labute approximate surface area is 122 Å². The van der Waals surface area contributed by atoms with Gasteiger partial charge in [-0.25, -0.2) is 0 Å². The van der Waals surface area contributed by atoms with Crippen molar-refractivity contribution >= 4 is 0 Å². The summed E-state index contributed by atoms with van der Waals surface area (Å²) < 4.78 is 11.4. The van der Waals surface area contributed by atoms with Gasteiger partial charge in [0, 0.05) is 6.61 Å². The number of ether oxygens (including phenoxy) is 2. The molecule has 0 spiro atoms. The van der Waals surface area contributed by atoms with Crippen molar-refractivity contribution in [1.82, 2.24) is 0 Å². The molecule has 1 saturated heterocycles. The van der Waals surface area contributed by atoms with Crippen molar-refractivity contribution in [3.63, 3.8) is 0 Å². The third kappa shape index (κ3) is 3.53. The third-order valence-corrected chi connectivity index (χ3v) is 4.32. The highest BCUT2D eigenvalue weighted by Gasteiger charge is 2.34. The van der Waals surface area contributed by atoms with E-state index in [1.54, 1.807) is 7.11 Å². The number of methoxy groups -OCH3 is 1. The van der Waals surface area contributed by atoms with Gasteiger partial charge in [0.05, 0.1) is 12.7 Å². The topological polar surface area (TPSA) is 44.5 Å². The number of hydrogen-bond donors (Lipinski definition) is 1. The Morgan fingerprint density at radius 1 is 1.40 bits per heavy atom. The van der Waals surface area contributed by atoms with Gasteiger partial charge in [-0.05, 0) is 63.1 Å². The fourth-order valence-electron chi connectivity index (χ4n) is 3.42. The predicted molar refractivity (Wildman–Crippen MR) is 82.2 cm³/mol. The number of nitrogens with two attached hydrogens (primary N) is 1. The summed E-state index contributed by atoms with van der Waals surface area (Å²) in [4.78, 5) is 0. The van der Waals surface area contributed by atoms with E-state index in [4.69, 9.17) is 15.2 Å². The fourth-order valence-corrected chi connectivity index (χ4v) is 3.42. The molecule has 1 aromatic rings. The molecular weight excluding hydrogens is 250 g/mol. The maximum atomic E-state index is 5.86. The first-order chi connectivity index (χ1) is 9.57. The number of rotatable bonds is 5. The zero-order chi connectivity index (χ0) is 14.6. The molecule has 1 heterocycles. The molecule has 1 fully saturated rings. The average molecular weight is 277 g/mol. The van der Waals surface area contributed by atoms with E-state index in [1.807, 2.05) is 12.1 Å². The Morgan fingerprint density at radius 3 is 2.80 bits per heavy atom. The first-order valence-corrected chi connectivity index (χ1v) is 7.54. The Morgan fingerprint density at radius 2 is 2.15 bits per heavy atom. The molecule has 20 heavy (non-hydrogen) atoms. The van der Waals surface area contributed by atoms with Gasteiger partial charge in [0.2, 0.25) is 0 Å². The lowest BCUT2D eigenvalue weighted by Gasteiger charge is -2.39. The molecular formula is C17H27NO2. The van der Waals surface area contributed by atoms with Crippen LogP contribution in [0.15, 0.2) is 24.3 Å². The van der Waals surface area contributed by atoms with Crippen molar-refractivity contribution in [1.29, 1.82) is 0 Å². The molecule has 0 saturated carbocycles. The van der Waals surface area contributed by atoms with Gasteiger partial charge in [-0.15, -0.1) is 0 Å². The summed E-state index contributed by atoms with van der Waals surface area (Å²) >= 11 is 0. The summed E-state index contributed by atoms with van der Waals surface area (Å²) in [6.07, 6.45) is 3.18. The quantitative estimate of drug-likeness (QED) is 0.898. The zero-order valence-corrected chi connectivity index (χ0v) is 12.9. The summed E-state index contributed by atoms with van der Waals surface area (Å²) in [6.45, 7) is 5.91. The molecule has 2 N–H and O–H groups in total. The molecule has 2 atom stereocenters. The largest absolute Gasteiger partial charge is 0.496 e. The van der Waals surface area contributed by atoms with Crippen molar-refractivity contribution in [2.24, 2.45) is 11.7 Å². The highest BCUT2D eigenvalue weighted by molar-refractivity contribution is 5.36. The molecule has 1 aliphatic heterocycles. The molecule has 1 aromatic carbocycles. The summed E-state index contributed by atoms with van der Waals surface area (Å²) in [7, 11) is 1.74. The van der Waals surface area contributed by atoms with Crippen molar-refractivity contribution in [3.8, 4) is 5.75 Å². The first-order valence-electron chi connectivity index (χ1n) is 7.54. The minimum Gasteiger partial charge on any atom is -0.496 e.